The fourth-order valence-corrected chi connectivity index (χ4v) is 8.20. The van der Waals surface area contributed by atoms with Gasteiger partial charge < -0.3 is 0 Å². The lowest BCUT2D eigenvalue weighted by Gasteiger charge is -2.19. The molecule has 0 radical (unpaired) electrons. The van der Waals surface area contributed by atoms with Gasteiger partial charge >= 0.3 is 0 Å². The standard InChI is InChI=1S/C49H32/c1-31-21-25-44-47(27-31)49(36-23-22-32-11-2-3-13-34(32)28-36)43-19-9-8-18-42(43)48(44)37-24-26-41-45(30-37)39-17-7-5-14-35(39)29-46(41)40-20-10-15-33-12-4-6-16-38(33)40/h2-30H,1H3. The molecular formula is C49H32. The highest BCUT2D eigenvalue weighted by atomic mass is 14.2. The molecule has 0 aliphatic heterocycles. The Morgan fingerprint density at radius 2 is 0.837 bits per heavy atom. The van der Waals surface area contributed by atoms with Crippen LogP contribution in [0.1, 0.15) is 5.56 Å². The first-order valence-electron chi connectivity index (χ1n) is 17.1. The fraction of sp³-hybridized carbons (Fsp3) is 0.0204. The number of hydrogen-bond donors (Lipinski definition) is 0. The van der Waals surface area contributed by atoms with Crippen LogP contribution in [0.15, 0.2) is 176 Å². The quantitative estimate of drug-likeness (QED) is 0.136. The third-order valence-corrected chi connectivity index (χ3v) is 10.4. The van der Waals surface area contributed by atoms with Crippen LogP contribution in [0.5, 0.6) is 0 Å². The molecule has 10 aromatic carbocycles. The van der Waals surface area contributed by atoms with Crippen LogP contribution in [-0.2, 0) is 0 Å². The summed E-state index contributed by atoms with van der Waals surface area (Å²) in [7, 11) is 0. The highest BCUT2D eigenvalue weighted by Gasteiger charge is 2.19. The van der Waals surface area contributed by atoms with Crippen molar-refractivity contribution in [2.24, 2.45) is 0 Å². The van der Waals surface area contributed by atoms with Gasteiger partial charge in [0.05, 0.1) is 0 Å². The Labute approximate surface area is 285 Å². The van der Waals surface area contributed by atoms with Crippen LogP contribution in [0.25, 0.3) is 98.0 Å². The van der Waals surface area contributed by atoms with Gasteiger partial charge in [-0.3, -0.25) is 0 Å². The molecule has 10 aromatic rings. The van der Waals surface area contributed by atoms with E-state index in [1.165, 1.54) is 104 Å². The molecule has 0 aliphatic carbocycles. The van der Waals surface area contributed by atoms with Crippen molar-refractivity contribution in [1.29, 1.82) is 0 Å². The first kappa shape index (κ1) is 27.8. The Balaban J connectivity index is 1.29. The molecule has 0 bridgehead atoms. The third-order valence-electron chi connectivity index (χ3n) is 10.4. The minimum Gasteiger partial charge on any atom is -0.0616 e. The molecule has 228 valence electrons. The maximum Gasteiger partial charge on any atom is -0.00261 e. The predicted molar refractivity (Wildman–Crippen MR) is 213 cm³/mol. The van der Waals surface area contributed by atoms with Gasteiger partial charge in [0, 0.05) is 0 Å². The Hall–Kier alpha value is -6.24. The van der Waals surface area contributed by atoms with E-state index in [0.717, 1.165) is 0 Å². The van der Waals surface area contributed by atoms with Crippen molar-refractivity contribution in [3.8, 4) is 33.4 Å². The molecule has 0 N–H and O–H groups in total. The molecule has 0 aromatic heterocycles. The lowest BCUT2D eigenvalue weighted by molar-refractivity contribution is 1.51. The molecule has 0 nitrogen and oxygen atoms in total. The monoisotopic (exact) mass is 620 g/mol. The fourth-order valence-electron chi connectivity index (χ4n) is 8.20. The summed E-state index contributed by atoms with van der Waals surface area (Å²) in [5.74, 6) is 0. The second-order valence-electron chi connectivity index (χ2n) is 13.3. The third kappa shape index (κ3) is 4.38. The smallest absolute Gasteiger partial charge is 0.00261 e. The van der Waals surface area contributed by atoms with Crippen LogP contribution in [0, 0.1) is 6.92 Å². The molecule has 0 heteroatoms. The van der Waals surface area contributed by atoms with E-state index in [4.69, 9.17) is 0 Å². The van der Waals surface area contributed by atoms with Crippen molar-refractivity contribution in [3.63, 3.8) is 0 Å². The first-order chi connectivity index (χ1) is 24.2. The van der Waals surface area contributed by atoms with Gasteiger partial charge in [0.2, 0.25) is 0 Å². The summed E-state index contributed by atoms with van der Waals surface area (Å²) in [5.41, 5.74) is 8.89. The molecule has 0 heterocycles. The van der Waals surface area contributed by atoms with Gasteiger partial charge in [-0.25, -0.2) is 0 Å². The van der Waals surface area contributed by atoms with Crippen molar-refractivity contribution in [2.75, 3.05) is 0 Å². The van der Waals surface area contributed by atoms with Crippen molar-refractivity contribution in [1.82, 2.24) is 0 Å². The summed E-state index contributed by atoms with van der Waals surface area (Å²) in [5, 5.41) is 15.3. The van der Waals surface area contributed by atoms with Gasteiger partial charge in [0.25, 0.3) is 0 Å². The molecule has 0 amide bonds. The Morgan fingerprint density at radius 3 is 1.65 bits per heavy atom. The minimum atomic E-state index is 1.24. The van der Waals surface area contributed by atoms with E-state index in [1.54, 1.807) is 0 Å². The van der Waals surface area contributed by atoms with Crippen molar-refractivity contribution < 1.29 is 0 Å². The topological polar surface area (TPSA) is 0 Å². The number of aryl methyl sites for hydroxylation is 1. The second-order valence-corrected chi connectivity index (χ2v) is 13.3. The normalized spacial score (nSPS) is 11.8. The van der Waals surface area contributed by atoms with Crippen LogP contribution in [0.2, 0.25) is 0 Å². The van der Waals surface area contributed by atoms with Crippen molar-refractivity contribution in [3.05, 3.63) is 181 Å². The molecule has 0 unspecified atom stereocenters. The van der Waals surface area contributed by atoms with Crippen LogP contribution >= 0.6 is 0 Å². The SMILES string of the molecule is Cc1ccc2c(-c3ccc4c(-c5cccc6ccccc56)cc5ccccc5c4c3)c3ccccc3c(-c3ccc4ccccc4c3)c2c1. The average Bonchev–Trinajstić information content (AvgIpc) is 3.16. The van der Waals surface area contributed by atoms with Crippen LogP contribution < -0.4 is 0 Å². The summed E-state index contributed by atoms with van der Waals surface area (Å²) < 4.78 is 0. The predicted octanol–water partition coefficient (Wildman–Crippen LogP) is 13.9. The zero-order chi connectivity index (χ0) is 32.5. The highest BCUT2D eigenvalue weighted by Crippen LogP contribution is 2.46. The van der Waals surface area contributed by atoms with Crippen molar-refractivity contribution >= 4 is 64.6 Å². The van der Waals surface area contributed by atoms with Gasteiger partial charge in [-0.1, -0.05) is 163 Å². The molecule has 0 fully saturated rings. The molecule has 0 spiro atoms. The number of fused-ring (bicyclic) bond motifs is 7. The molecule has 0 atom stereocenters. The maximum atomic E-state index is 2.45. The molecule has 0 aliphatic rings. The molecule has 0 saturated heterocycles. The van der Waals surface area contributed by atoms with E-state index in [0.29, 0.717) is 0 Å². The zero-order valence-corrected chi connectivity index (χ0v) is 27.2. The summed E-state index contributed by atoms with van der Waals surface area (Å²) >= 11 is 0. The van der Waals surface area contributed by atoms with Crippen LogP contribution in [-0.4, -0.2) is 0 Å². The molecule has 0 saturated carbocycles. The second kappa shape index (κ2) is 10.9. The van der Waals surface area contributed by atoms with E-state index in [2.05, 4.69) is 183 Å². The maximum absolute atomic E-state index is 2.45. The van der Waals surface area contributed by atoms with Crippen LogP contribution in [0.3, 0.4) is 0 Å². The molecular weight excluding hydrogens is 589 g/mol. The largest absolute Gasteiger partial charge is 0.0616 e. The van der Waals surface area contributed by atoms with Gasteiger partial charge in [-0.2, -0.15) is 0 Å². The van der Waals surface area contributed by atoms with E-state index >= 15 is 0 Å². The van der Waals surface area contributed by atoms with Gasteiger partial charge in [-0.05, 0) is 123 Å². The van der Waals surface area contributed by atoms with E-state index in [9.17, 15) is 0 Å². The summed E-state index contributed by atoms with van der Waals surface area (Å²) in [6.45, 7) is 2.20. The Bertz CT molecular complexity index is 2940. The summed E-state index contributed by atoms with van der Waals surface area (Å²) in [4.78, 5) is 0. The van der Waals surface area contributed by atoms with Crippen molar-refractivity contribution in [2.45, 2.75) is 6.92 Å². The van der Waals surface area contributed by atoms with E-state index in [1.807, 2.05) is 0 Å². The lowest BCUT2D eigenvalue weighted by Crippen LogP contribution is -1.92. The summed E-state index contributed by atoms with van der Waals surface area (Å²) in [6.07, 6.45) is 0. The minimum absolute atomic E-state index is 1.24. The lowest BCUT2D eigenvalue weighted by atomic mass is 9.84. The molecule has 49 heavy (non-hydrogen) atoms. The molecule has 10 rings (SSSR count). The number of benzene rings is 10. The number of hydrogen-bond acceptors (Lipinski definition) is 0. The van der Waals surface area contributed by atoms with E-state index < -0.39 is 0 Å². The number of rotatable bonds is 3. The Morgan fingerprint density at radius 1 is 0.265 bits per heavy atom. The van der Waals surface area contributed by atoms with Gasteiger partial charge in [0.1, 0.15) is 0 Å². The summed E-state index contributed by atoms with van der Waals surface area (Å²) in [6, 6.07) is 65.3. The highest BCUT2D eigenvalue weighted by molar-refractivity contribution is 6.23. The average molecular weight is 621 g/mol. The van der Waals surface area contributed by atoms with E-state index in [-0.39, 0.29) is 0 Å². The van der Waals surface area contributed by atoms with Gasteiger partial charge in [0.15, 0.2) is 0 Å². The van der Waals surface area contributed by atoms with Gasteiger partial charge in [-0.15, -0.1) is 0 Å². The van der Waals surface area contributed by atoms with Crippen LogP contribution in [0.4, 0.5) is 0 Å². The zero-order valence-electron chi connectivity index (χ0n) is 27.2. The Kier molecular flexibility index (Phi) is 6.19. The first-order valence-corrected chi connectivity index (χ1v) is 17.1.